The minimum Gasteiger partial charge on any atom is -0.477 e. The summed E-state index contributed by atoms with van der Waals surface area (Å²) in [5.41, 5.74) is 0.335. The molecule has 0 aromatic carbocycles. The minimum atomic E-state index is -0.880. The van der Waals surface area contributed by atoms with E-state index in [4.69, 9.17) is 9.84 Å². The van der Waals surface area contributed by atoms with Crippen molar-refractivity contribution in [2.75, 3.05) is 19.7 Å². The Morgan fingerprint density at radius 2 is 2.44 bits per heavy atom. The molecule has 18 heavy (non-hydrogen) atoms. The summed E-state index contributed by atoms with van der Waals surface area (Å²) in [6, 6.07) is 3.99. The maximum Gasteiger partial charge on any atom is 0.352 e. The molecule has 5 heteroatoms. The number of morpholine rings is 1. The summed E-state index contributed by atoms with van der Waals surface area (Å²) in [4.78, 5) is 13.5. The molecule has 5 nitrogen and oxygen atoms in total. The summed E-state index contributed by atoms with van der Waals surface area (Å²) in [6.07, 6.45) is 4.40. The van der Waals surface area contributed by atoms with Crippen molar-refractivity contribution in [3.8, 4) is 0 Å². The normalized spacial score (nSPS) is 28.2. The van der Waals surface area contributed by atoms with E-state index in [9.17, 15) is 4.79 Å². The number of carbonyl (C=O) groups is 1. The first-order valence-corrected chi connectivity index (χ1v) is 6.48. The first kappa shape index (κ1) is 11.7. The van der Waals surface area contributed by atoms with E-state index in [1.54, 1.807) is 16.7 Å². The Morgan fingerprint density at radius 3 is 3.28 bits per heavy atom. The number of carboxylic acid groups (broad SMARTS) is 1. The van der Waals surface area contributed by atoms with Crippen LogP contribution in [0.15, 0.2) is 18.3 Å². The molecule has 1 aromatic rings. The van der Waals surface area contributed by atoms with E-state index in [2.05, 4.69) is 4.90 Å². The zero-order chi connectivity index (χ0) is 12.5. The SMILES string of the molecule is O=C(O)c1cccn1CC1CN2CCCC2CO1. The average molecular weight is 250 g/mol. The van der Waals surface area contributed by atoms with E-state index in [-0.39, 0.29) is 6.10 Å². The van der Waals surface area contributed by atoms with Crippen LogP contribution in [-0.2, 0) is 11.3 Å². The van der Waals surface area contributed by atoms with Crippen LogP contribution >= 0.6 is 0 Å². The van der Waals surface area contributed by atoms with Gasteiger partial charge in [-0.05, 0) is 31.5 Å². The van der Waals surface area contributed by atoms with Gasteiger partial charge in [0, 0.05) is 18.8 Å². The van der Waals surface area contributed by atoms with Crippen molar-refractivity contribution in [3.05, 3.63) is 24.0 Å². The predicted molar refractivity (Wildman–Crippen MR) is 65.7 cm³/mol. The Kier molecular flexibility index (Phi) is 3.09. The number of nitrogens with zero attached hydrogens (tertiary/aromatic N) is 2. The van der Waals surface area contributed by atoms with Crippen molar-refractivity contribution in [3.63, 3.8) is 0 Å². The van der Waals surface area contributed by atoms with Gasteiger partial charge in [0.2, 0.25) is 0 Å². The second-order valence-corrected chi connectivity index (χ2v) is 5.10. The highest BCUT2D eigenvalue weighted by atomic mass is 16.5. The van der Waals surface area contributed by atoms with Gasteiger partial charge >= 0.3 is 5.97 Å². The smallest absolute Gasteiger partial charge is 0.352 e. The third-order valence-corrected chi connectivity index (χ3v) is 3.91. The van der Waals surface area contributed by atoms with Gasteiger partial charge < -0.3 is 14.4 Å². The number of fused-ring (bicyclic) bond motifs is 1. The number of ether oxygens (including phenoxy) is 1. The molecule has 3 heterocycles. The van der Waals surface area contributed by atoms with Crippen molar-refractivity contribution >= 4 is 5.97 Å². The summed E-state index contributed by atoms with van der Waals surface area (Å²) in [7, 11) is 0. The van der Waals surface area contributed by atoms with Gasteiger partial charge in [-0.2, -0.15) is 0 Å². The molecule has 0 amide bonds. The van der Waals surface area contributed by atoms with Crippen molar-refractivity contribution in [1.29, 1.82) is 0 Å². The van der Waals surface area contributed by atoms with Crippen molar-refractivity contribution in [1.82, 2.24) is 9.47 Å². The molecule has 0 aliphatic carbocycles. The zero-order valence-electron chi connectivity index (χ0n) is 10.3. The standard InChI is InChI=1S/C13H18N2O3/c16-13(17)12-4-2-6-15(12)8-11-7-14-5-1-3-10(14)9-18-11/h2,4,6,10-11H,1,3,5,7-9H2,(H,16,17). The molecule has 2 aliphatic heterocycles. The van der Waals surface area contributed by atoms with Crippen molar-refractivity contribution < 1.29 is 14.6 Å². The maximum atomic E-state index is 11.0. The van der Waals surface area contributed by atoms with Crippen LogP contribution in [0.4, 0.5) is 0 Å². The molecular formula is C13H18N2O3. The number of aromatic carboxylic acids is 1. The lowest BCUT2D eigenvalue weighted by Gasteiger charge is -2.35. The minimum absolute atomic E-state index is 0.102. The first-order valence-electron chi connectivity index (χ1n) is 6.48. The van der Waals surface area contributed by atoms with Crippen LogP contribution in [0, 0.1) is 0 Å². The van der Waals surface area contributed by atoms with Gasteiger partial charge in [0.1, 0.15) is 5.69 Å². The van der Waals surface area contributed by atoms with E-state index >= 15 is 0 Å². The molecule has 0 radical (unpaired) electrons. The van der Waals surface area contributed by atoms with Crippen LogP contribution in [0.5, 0.6) is 0 Å². The lowest BCUT2D eigenvalue weighted by atomic mass is 10.2. The quantitative estimate of drug-likeness (QED) is 0.871. The molecule has 1 N–H and O–H groups in total. The summed E-state index contributed by atoms with van der Waals surface area (Å²) in [6.45, 7) is 3.48. The van der Waals surface area contributed by atoms with E-state index < -0.39 is 5.97 Å². The van der Waals surface area contributed by atoms with E-state index in [0.717, 1.165) is 19.7 Å². The Labute approximate surface area is 106 Å². The van der Waals surface area contributed by atoms with Crippen LogP contribution in [0.2, 0.25) is 0 Å². The molecular weight excluding hydrogens is 232 g/mol. The fourth-order valence-electron chi connectivity index (χ4n) is 2.98. The fraction of sp³-hybridized carbons (Fsp3) is 0.615. The topological polar surface area (TPSA) is 54.7 Å². The Bertz CT molecular complexity index is 443. The number of aromatic nitrogens is 1. The van der Waals surface area contributed by atoms with Gasteiger partial charge in [-0.15, -0.1) is 0 Å². The number of rotatable bonds is 3. The number of carboxylic acids is 1. The highest BCUT2D eigenvalue weighted by Crippen LogP contribution is 2.23. The second kappa shape index (κ2) is 4.74. The van der Waals surface area contributed by atoms with E-state index in [0.29, 0.717) is 18.3 Å². The highest BCUT2D eigenvalue weighted by Gasteiger charge is 2.32. The van der Waals surface area contributed by atoms with Crippen LogP contribution in [0.25, 0.3) is 0 Å². The number of hydrogen-bond donors (Lipinski definition) is 1. The number of hydrogen-bond acceptors (Lipinski definition) is 3. The summed E-state index contributed by atoms with van der Waals surface area (Å²) >= 11 is 0. The molecule has 2 fully saturated rings. The van der Waals surface area contributed by atoms with Crippen LogP contribution in [0.3, 0.4) is 0 Å². The monoisotopic (exact) mass is 250 g/mol. The Hall–Kier alpha value is -1.33. The zero-order valence-corrected chi connectivity index (χ0v) is 10.3. The molecule has 2 aliphatic rings. The third kappa shape index (κ3) is 2.15. The second-order valence-electron chi connectivity index (χ2n) is 5.10. The molecule has 2 atom stereocenters. The molecule has 0 bridgehead atoms. The van der Waals surface area contributed by atoms with Gasteiger partial charge in [0.15, 0.2) is 0 Å². The lowest BCUT2D eigenvalue weighted by molar-refractivity contribution is -0.0553. The maximum absolute atomic E-state index is 11.0. The Morgan fingerprint density at radius 1 is 1.56 bits per heavy atom. The molecule has 1 aromatic heterocycles. The van der Waals surface area contributed by atoms with Gasteiger partial charge in [-0.1, -0.05) is 0 Å². The average Bonchev–Trinajstić information content (AvgIpc) is 2.96. The molecule has 3 rings (SSSR count). The summed E-state index contributed by atoms with van der Waals surface area (Å²) in [5.74, 6) is -0.880. The van der Waals surface area contributed by atoms with E-state index in [1.807, 2.05) is 6.20 Å². The van der Waals surface area contributed by atoms with Gasteiger partial charge in [0.25, 0.3) is 0 Å². The lowest BCUT2D eigenvalue weighted by Crippen LogP contribution is -2.47. The van der Waals surface area contributed by atoms with Gasteiger partial charge in [0.05, 0.1) is 19.3 Å². The van der Waals surface area contributed by atoms with Crippen LogP contribution in [0.1, 0.15) is 23.3 Å². The first-order chi connectivity index (χ1) is 8.74. The molecule has 98 valence electrons. The Balaban J connectivity index is 1.66. The van der Waals surface area contributed by atoms with E-state index in [1.165, 1.54) is 12.8 Å². The fourth-order valence-corrected chi connectivity index (χ4v) is 2.98. The van der Waals surface area contributed by atoms with Crippen LogP contribution < -0.4 is 0 Å². The van der Waals surface area contributed by atoms with Crippen LogP contribution in [-0.4, -0.2) is 52.4 Å². The third-order valence-electron chi connectivity index (χ3n) is 3.91. The molecule has 2 saturated heterocycles. The van der Waals surface area contributed by atoms with Crippen molar-refractivity contribution in [2.45, 2.75) is 31.5 Å². The van der Waals surface area contributed by atoms with Gasteiger partial charge in [-0.25, -0.2) is 4.79 Å². The van der Waals surface area contributed by atoms with Crippen molar-refractivity contribution in [2.24, 2.45) is 0 Å². The van der Waals surface area contributed by atoms with Gasteiger partial charge in [-0.3, -0.25) is 4.90 Å². The molecule has 0 spiro atoms. The summed E-state index contributed by atoms with van der Waals surface area (Å²) < 4.78 is 7.61. The largest absolute Gasteiger partial charge is 0.477 e. The molecule has 2 unspecified atom stereocenters. The highest BCUT2D eigenvalue weighted by molar-refractivity contribution is 5.85. The summed E-state index contributed by atoms with van der Waals surface area (Å²) in [5, 5.41) is 9.06. The molecule has 0 saturated carbocycles. The predicted octanol–water partition coefficient (Wildman–Crippen LogP) is 1.05.